The van der Waals surface area contributed by atoms with Gasteiger partial charge in [0.05, 0.1) is 17.3 Å². The molecule has 1 fully saturated rings. The number of hydrogen-bond acceptors (Lipinski definition) is 3. The van der Waals surface area contributed by atoms with E-state index in [1.54, 1.807) is 0 Å². The Bertz CT molecular complexity index is 951. The predicted molar refractivity (Wildman–Crippen MR) is 118 cm³/mol. The predicted octanol–water partition coefficient (Wildman–Crippen LogP) is 4.51. The summed E-state index contributed by atoms with van der Waals surface area (Å²) in [6, 6.07) is 6.64. The van der Waals surface area contributed by atoms with Crippen LogP contribution in [-0.4, -0.2) is 39.7 Å². The smallest absolute Gasteiger partial charge is 0.255 e. The number of nitrogens with one attached hydrogen (secondary N) is 1. The van der Waals surface area contributed by atoms with E-state index in [1.165, 1.54) is 11.3 Å². The molecule has 0 saturated heterocycles. The first-order chi connectivity index (χ1) is 14.0. The van der Waals surface area contributed by atoms with Crippen LogP contribution in [0.25, 0.3) is 10.9 Å². The van der Waals surface area contributed by atoms with E-state index in [0.717, 1.165) is 55.1 Å². The second-order valence-corrected chi connectivity index (χ2v) is 8.76. The van der Waals surface area contributed by atoms with Gasteiger partial charge < -0.3 is 10.2 Å². The number of rotatable bonds is 7. The van der Waals surface area contributed by atoms with Gasteiger partial charge in [-0.3, -0.25) is 9.48 Å². The maximum atomic E-state index is 13.7. The molecule has 5 nitrogen and oxygen atoms in total. The van der Waals surface area contributed by atoms with Gasteiger partial charge in [-0.1, -0.05) is 32.6 Å². The molecule has 1 N–H and O–H groups in total. The molecular weight excluding hydrogens is 360 g/mol. The van der Waals surface area contributed by atoms with Crippen LogP contribution >= 0.6 is 0 Å². The monoisotopic (exact) mass is 392 g/mol. The first kappa shape index (κ1) is 19.7. The van der Waals surface area contributed by atoms with Crippen molar-refractivity contribution in [2.24, 2.45) is 5.92 Å². The topological polar surface area (TPSA) is 50.2 Å². The Balaban J connectivity index is 1.66. The summed E-state index contributed by atoms with van der Waals surface area (Å²) in [7, 11) is 1.97. The molecular formula is C24H32N4O. The molecule has 5 heteroatoms. The van der Waals surface area contributed by atoms with E-state index in [0.29, 0.717) is 12.0 Å². The van der Waals surface area contributed by atoms with E-state index in [2.05, 4.69) is 41.8 Å². The van der Waals surface area contributed by atoms with Crippen molar-refractivity contribution in [2.75, 3.05) is 7.05 Å². The summed E-state index contributed by atoms with van der Waals surface area (Å²) in [5.74, 6) is 0.664. The fraction of sp³-hybridized carbons (Fsp3) is 0.500. The number of carbonyl (C=O) groups is 1. The molecule has 0 aliphatic heterocycles. The van der Waals surface area contributed by atoms with Gasteiger partial charge in [-0.15, -0.1) is 0 Å². The molecule has 4 rings (SSSR count). The number of fused-ring (bicyclic) bond motifs is 1. The number of hydrogen-bond donors (Lipinski definition) is 1. The summed E-state index contributed by atoms with van der Waals surface area (Å²) < 4.78 is 2.02. The van der Waals surface area contributed by atoms with E-state index >= 15 is 0 Å². The van der Waals surface area contributed by atoms with Crippen LogP contribution in [0, 0.1) is 5.92 Å². The van der Waals surface area contributed by atoms with Crippen LogP contribution < -0.4 is 5.32 Å². The zero-order chi connectivity index (χ0) is 20.5. The fourth-order valence-electron chi connectivity index (χ4n) is 4.58. The molecule has 1 atom stereocenters. The van der Waals surface area contributed by atoms with Gasteiger partial charge in [0.1, 0.15) is 0 Å². The van der Waals surface area contributed by atoms with Crippen molar-refractivity contribution in [2.45, 2.75) is 64.6 Å². The Hall–Kier alpha value is -2.56. The van der Waals surface area contributed by atoms with Gasteiger partial charge in [-0.2, -0.15) is 5.10 Å². The van der Waals surface area contributed by atoms with E-state index in [-0.39, 0.29) is 11.9 Å². The fourth-order valence-corrected chi connectivity index (χ4v) is 4.58. The molecule has 1 saturated carbocycles. The number of carbonyl (C=O) groups excluding carboxylic acids is 1. The average Bonchev–Trinajstić information content (AvgIpc) is 3.47. The lowest BCUT2D eigenvalue weighted by Crippen LogP contribution is -2.44. The van der Waals surface area contributed by atoms with Gasteiger partial charge in [0.2, 0.25) is 0 Å². The second-order valence-electron chi connectivity index (χ2n) is 8.76. The Morgan fingerprint density at radius 2 is 2.14 bits per heavy atom. The molecule has 154 valence electrons. The van der Waals surface area contributed by atoms with Crippen LogP contribution in [0.15, 0.2) is 48.3 Å². The number of aromatic nitrogens is 2. The Morgan fingerprint density at radius 1 is 1.34 bits per heavy atom. The van der Waals surface area contributed by atoms with Gasteiger partial charge in [0, 0.05) is 36.8 Å². The maximum absolute atomic E-state index is 13.7. The highest BCUT2D eigenvalue weighted by atomic mass is 16.2. The average molecular weight is 393 g/mol. The highest BCUT2D eigenvalue weighted by Gasteiger charge is 2.39. The first-order valence-electron chi connectivity index (χ1n) is 10.8. The summed E-state index contributed by atoms with van der Waals surface area (Å²) in [6.07, 6.45) is 8.88. The quantitative estimate of drug-likeness (QED) is 0.754. The maximum Gasteiger partial charge on any atom is 0.255 e. The molecule has 0 bridgehead atoms. The van der Waals surface area contributed by atoms with Crippen molar-refractivity contribution in [3.63, 3.8) is 0 Å². The summed E-state index contributed by atoms with van der Waals surface area (Å²) in [4.78, 5) is 15.9. The van der Waals surface area contributed by atoms with E-state index in [1.807, 2.05) is 36.1 Å². The molecule has 29 heavy (non-hydrogen) atoms. The van der Waals surface area contributed by atoms with E-state index in [4.69, 9.17) is 0 Å². The molecule has 2 aliphatic rings. The lowest BCUT2D eigenvalue weighted by atomic mass is 9.90. The Labute approximate surface area is 173 Å². The molecule has 0 radical (unpaired) electrons. The van der Waals surface area contributed by atoms with Crippen molar-refractivity contribution in [3.05, 3.63) is 53.9 Å². The van der Waals surface area contributed by atoms with E-state index in [9.17, 15) is 4.79 Å². The summed E-state index contributed by atoms with van der Waals surface area (Å²) >= 11 is 0. The van der Waals surface area contributed by atoms with E-state index < -0.39 is 0 Å². The summed E-state index contributed by atoms with van der Waals surface area (Å²) in [5, 5.41) is 8.85. The largest absolute Gasteiger partial charge is 0.391 e. The van der Waals surface area contributed by atoms with Gasteiger partial charge in [0.15, 0.2) is 0 Å². The van der Waals surface area contributed by atoms with Crippen molar-refractivity contribution >= 4 is 16.8 Å². The Morgan fingerprint density at radius 3 is 2.79 bits per heavy atom. The van der Waals surface area contributed by atoms with Crippen LogP contribution in [0.3, 0.4) is 0 Å². The molecule has 1 heterocycles. The molecule has 2 aliphatic carbocycles. The zero-order valence-corrected chi connectivity index (χ0v) is 17.8. The van der Waals surface area contributed by atoms with Gasteiger partial charge in [0.25, 0.3) is 5.91 Å². The zero-order valence-electron chi connectivity index (χ0n) is 17.8. The van der Waals surface area contributed by atoms with Crippen LogP contribution in [0.4, 0.5) is 0 Å². The number of benzene rings is 1. The molecule has 1 amide bonds. The molecule has 1 unspecified atom stereocenters. The number of allylic oxidation sites excluding steroid dienone is 2. The highest BCUT2D eigenvalue weighted by Crippen LogP contribution is 2.37. The second kappa shape index (κ2) is 8.05. The third-order valence-corrected chi connectivity index (χ3v) is 6.14. The standard InChI is InChI=1S/C24H32N4O/c1-5-17-13-19(11-12-22(17)25-4)28(18-9-10-18)24(29)20-7-6-8-23-21(20)14-26-27(23)15-16(2)3/h5-8,14,16,18-19,25H,1,9-13,15H2,2-4H3. The van der Waals surface area contributed by atoms with Crippen LogP contribution in [0.2, 0.25) is 0 Å². The molecule has 1 aromatic carbocycles. The third-order valence-electron chi connectivity index (χ3n) is 6.14. The van der Waals surface area contributed by atoms with Crippen molar-refractivity contribution in [1.29, 1.82) is 0 Å². The summed E-state index contributed by atoms with van der Waals surface area (Å²) in [5.41, 5.74) is 4.34. The van der Waals surface area contributed by atoms with Crippen molar-refractivity contribution in [1.82, 2.24) is 20.0 Å². The third kappa shape index (κ3) is 3.83. The van der Waals surface area contributed by atoms with Crippen LogP contribution in [-0.2, 0) is 6.54 Å². The lowest BCUT2D eigenvalue weighted by Gasteiger charge is -2.36. The van der Waals surface area contributed by atoms with Crippen molar-refractivity contribution in [3.8, 4) is 0 Å². The molecule has 0 spiro atoms. The van der Waals surface area contributed by atoms with Gasteiger partial charge in [-0.25, -0.2) is 0 Å². The highest BCUT2D eigenvalue weighted by molar-refractivity contribution is 6.06. The number of amides is 1. The molecule has 1 aromatic heterocycles. The number of nitrogens with zero attached hydrogens (tertiary/aromatic N) is 3. The molecule has 2 aromatic rings. The lowest BCUT2D eigenvalue weighted by molar-refractivity contribution is 0.0645. The minimum absolute atomic E-state index is 0.156. The SMILES string of the molecule is C=CC1=C(NC)CCC(N(C(=O)c2cccc3c2cnn3CC(C)C)C2CC2)C1. The Kier molecular flexibility index (Phi) is 5.48. The van der Waals surface area contributed by atoms with Gasteiger partial charge >= 0.3 is 0 Å². The first-order valence-corrected chi connectivity index (χ1v) is 10.8. The van der Waals surface area contributed by atoms with Gasteiger partial charge in [-0.05, 0) is 55.7 Å². The normalized spacial score (nSPS) is 19.7. The summed E-state index contributed by atoms with van der Waals surface area (Å²) in [6.45, 7) is 9.22. The minimum Gasteiger partial charge on any atom is -0.391 e. The minimum atomic E-state index is 0.156. The van der Waals surface area contributed by atoms with Crippen LogP contribution in [0.1, 0.15) is 56.3 Å². The van der Waals surface area contributed by atoms with Crippen LogP contribution in [0.5, 0.6) is 0 Å². The van der Waals surface area contributed by atoms with Crippen molar-refractivity contribution < 1.29 is 4.79 Å².